The topological polar surface area (TPSA) is 72.2 Å². The van der Waals surface area contributed by atoms with Crippen molar-refractivity contribution in [1.29, 1.82) is 0 Å². The van der Waals surface area contributed by atoms with Crippen LogP contribution in [0.2, 0.25) is 0 Å². The molecule has 0 bridgehead atoms. The molecular weight excluding hydrogens is 299 g/mol. The molecule has 0 unspecified atom stereocenters. The number of sulfonamides is 1. The first-order chi connectivity index (χ1) is 9.40. The predicted octanol–water partition coefficient (Wildman–Crippen LogP) is 1.93. The Balaban J connectivity index is 2.08. The van der Waals surface area contributed by atoms with Gasteiger partial charge in [-0.2, -0.15) is 0 Å². The molecule has 1 aliphatic carbocycles. The number of benzene rings is 1. The molecule has 0 aromatic heterocycles. The Morgan fingerprint density at radius 2 is 2.15 bits per heavy atom. The van der Waals surface area contributed by atoms with Crippen molar-refractivity contribution >= 4 is 27.2 Å². The molecule has 4 nitrogen and oxygen atoms in total. The lowest BCUT2D eigenvalue weighted by atomic mass is 9.83. The lowest BCUT2D eigenvalue weighted by Gasteiger charge is -2.25. The third-order valence-corrected chi connectivity index (χ3v) is 5.26. The Hall–Kier alpha value is -1.05. The van der Waals surface area contributed by atoms with Gasteiger partial charge in [-0.1, -0.05) is 31.5 Å². The molecule has 1 aromatic carbocycles. The van der Waals surface area contributed by atoms with Gasteiger partial charge in [0.2, 0.25) is 10.0 Å². The Kier molecular flexibility index (Phi) is 4.72. The van der Waals surface area contributed by atoms with E-state index in [4.69, 9.17) is 18.0 Å². The normalized spacial score (nSPS) is 15.8. The van der Waals surface area contributed by atoms with Crippen molar-refractivity contribution in [3.8, 4) is 0 Å². The third kappa shape index (κ3) is 3.53. The summed E-state index contributed by atoms with van der Waals surface area (Å²) in [4.78, 5) is -0.177. The highest BCUT2D eigenvalue weighted by molar-refractivity contribution is 7.89. The molecule has 3 N–H and O–H groups in total. The zero-order chi connectivity index (χ0) is 14.8. The maximum Gasteiger partial charge on any atom is 0.240 e. The molecule has 0 saturated heterocycles. The van der Waals surface area contributed by atoms with E-state index in [0.29, 0.717) is 12.5 Å². The van der Waals surface area contributed by atoms with Crippen LogP contribution in [0.15, 0.2) is 23.1 Å². The van der Waals surface area contributed by atoms with Crippen LogP contribution in [0.3, 0.4) is 0 Å². The number of thiocarbonyl (C=S) groups is 1. The van der Waals surface area contributed by atoms with Gasteiger partial charge in [-0.05, 0) is 30.5 Å². The minimum absolute atomic E-state index is 0.0182. The van der Waals surface area contributed by atoms with Gasteiger partial charge in [-0.15, -0.1) is 0 Å². The molecule has 0 heterocycles. The molecule has 0 radical (unpaired) electrons. The summed E-state index contributed by atoms with van der Waals surface area (Å²) in [6.07, 6.45) is 4.41. The SMILES string of the molecule is NC(=S)c1cc(S(=O)(=O)NCCC2CCC2)ccc1F. The fourth-order valence-electron chi connectivity index (χ4n) is 2.12. The largest absolute Gasteiger partial charge is 0.389 e. The first-order valence-corrected chi connectivity index (χ1v) is 8.38. The van der Waals surface area contributed by atoms with Crippen molar-refractivity contribution in [2.24, 2.45) is 11.7 Å². The van der Waals surface area contributed by atoms with Gasteiger partial charge in [0.25, 0.3) is 0 Å². The van der Waals surface area contributed by atoms with Gasteiger partial charge >= 0.3 is 0 Å². The molecule has 20 heavy (non-hydrogen) atoms. The van der Waals surface area contributed by atoms with E-state index in [2.05, 4.69) is 4.72 Å². The number of hydrogen-bond acceptors (Lipinski definition) is 3. The molecule has 1 aliphatic rings. The van der Waals surface area contributed by atoms with Crippen molar-refractivity contribution in [1.82, 2.24) is 4.72 Å². The summed E-state index contributed by atoms with van der Waals surface area (Å²) in [7, 11) is -3.64. The molecule has 1 saturated carbocycles. The average molecular weight is 316 g/mol. The molecule has 7 heteroatoms. The molecule has 1 aromatic rings. The molecule has 110 valence electrons. The molecule has 1 fully saturated rings. The average Bonchev–Trinajstić information content (AvgIpc) is 2.32. The standard InChI is InChI=1S/C13H17FN2O2S2/c14-12-5-4-10(8-11(12)13(15)19)20(17,18)16-7-6-9-2-1-3-9/h4-5,8-9,16H,1-3,6-7H2,(H2,15,19). The summed E-state index contributed by atoms with van der Waals surface area (Å²) >= 11 is 4.70. The van der Waals surface area contributed by atoms with Gasteiger partial charge in [-0.25, -0.2) is 17.5 Å². The van der Waals surface area contributed by atoms with Crippen molar-refractivity contribution in [3.05, 3.63) is 29.6 Å². The summed E-state index contributed by atoms with van der Waals surface area (Å²) in [5.74, 6) is 0.00372. The van der Waals surface area contributed by atoms with Gasteiger partial charge in [0, 0.05) is 12.1 Å². The van der Waals surface area contributed by atoms with E-state index >= 15 is 0 Å². The van der Waals surface area contributed by atoms with E-state index in [-0.39, 0.29) is 15.4 Å². The molecule has 0 spiro atoms. The Bertz CT molecular complexity index is 613. The summed E-state index contributed by atoms with van der Waals surface area (Å²) < 4.78 is 40.1. The van der Waals surface area contributed by atoms with Crippen LogP contribution in [0.4, 0.5) is 4.39 Å². The zero-order valence-electron chi connectivity index (χ0n) is 10.9. The smallest absolute Gasteiger partial charge is 0.240 e. The number of halogens is 1. The van der Waals surface area contributed by atoms with Crippen LogP contribution in [0.1, 0.15) is 31.2 Å². The van der Waals surface area contributed by atoms with Crippen molar-refractivity contribution in [2.45, 2.75) is 30.6 Å². The highest BCUT2D eigenvalue weighted by atomic mass is 32.2. The fraction of sp³-hybridized carbons (Fsp3) is 0.462. The quantitative estimate of drug-likeness (QED) is 0.787. The van der Waals surface area contributed by atoms with Gasteiger partial charge in [0.05, 0.1) is 4.90 Å². The lowest BCUT2D eigenvalue weighted by Crippen LogP contribution is -2.28. The van der Waals surface area contributed by atoms with Gasteiger partial charge in [-0.3, -0.25) is 0 Å². The minimum Gasteiger partial charge on any atom is -0.389 e. The number of nitrogens with one attached hydrogen (secondary N) is 1. The second-order valence-corrected chi connectivity index (χ2v) is 7.20. The number of rotatable bonds is 6. The second kappa shape index (κ2) is 6.15. The first kappa shape index (κ1) is 15.3. The van der Waals surface area contributed by atoms with Gasteiger partial charge in [0.15, 0.2) is 0 Å². The first-order valence-electron chi connectivity index (χ1n) is 6.49. The van der Waals surface area contributed by atoms with Crippen molar-refractivity contribution in [3.63, 3.8) is 0 Å². The molecule has 0 atom stereocenters. The maximum atomic E-state index is 13.4. The van der Waals surface area contributed by atoms with E-state index in [1.54, 1.807) is 0 Å². The molecule has 2 rings (SSSR count). The van der Waals surface area contributed by atoms with Crippen LogP contribution in [0.5, 0.6) is 0 Å². The Morgan fingerprint density at radius 3 is 2.70 bits per heavy atom. The molecule has 0 amide bonds. The van der Waals surface area contributed by atoms with E-state index in [1.165, 1.54) is 31.4 Å². The lowest BCUT2D eigenvalue weighted by molar-refractivity contribution is 0.297. The Morgan fingerprint density at radius 1 is 1.45 bits per heavy atom. The minimum atomic E-state index is -3.64. The monoisotopic (exact) mass is 316 g/mol. The van der Waals surface area contributed by atoms with E-state index in [1.807, 2.05) is 0 Å². The van der Waals surface area contributed by atoms with E-state index < -0.39 is 15.8 Å². The van der Waals surface area contributed by atoms with Crippen LogP contribution in [-0.2, 0) is 10.0 Å². The predicted molar refractivity (Wildman–Crippen MR) is 79.4 cm³/mol. The molecular formula is C13H17FN2O2S2. The van der Waals surface area contributed by atoms with E-state index in [9.17, 15) is 12.8 Å². The fourth-order valence-corrected chi connectivity index (χ4v) is 3.35. The Labute approximate surface area is 123 Å². The van der Waals surface area contributed by atoms with Crippen LogP contribution in [-0.4, -0.2) is 20.0 Å². The highest BCUT2D eigenvalue weighted by Crippen LogP contribution is 2.28. The summed E-state index contributed by atoms with van der Waals surface area (Å²) in [6, 6.07) is 3.45. The highest BCUT2D eigenvalue weighted by Gasteiger charge is 2.20. The zero-order valence-corrected chi connectivity index (χ0v) is 12.6. The summed E-state index contributed by atoms with van der Waals surface area (Å²) in [5, 5.41) is 0. The van der Waals surface area contributed by atoms with Crippen LogP contribution >= 0.6 is 12.2 Å². The van der Waals surface area contributed by atoms with Crippen molar-refractivity contribution in [2.75, 3.05) is 6.54 Å². The summed E-state index contributed by atoms with van der Waals surface area (Å²) in [6.45, 7) is 0.396. The van der Waals surface area contributed by atoms with Gasteiger partial charge < -0.3 is 5.73 Å². The number of hydrogen-bond donors (Lipinski definition) is 2. The van der Waals surface area contributed by atoms with Crippen molar-refractivity contribution < 1.29 is 12.8 Å². The van der Waals surface area contributed by atoms with E-state index in [0.717, 1.165) is 12.5 Å². The summed E-state index contributed by atoms with van der Waals surface area (Å²) in [5.41, 5.74) is 5.31. The molecule has 0 aliphatic heterocycles. The second-order valence-electron chi connectivity index (χ2n) is 4.99. The van der Waals surface area contributed by atoms with Gasteiger partial charge in [0.1, 0.15) is 10.8 Å². The van der Waals surface area contributed by atoms with Crippen LogP contribution in [0, 0.1) is 11.7 Å². The number of nitrogens with two attached hydrogens (primary N) is 1. The van der Waals surface area contributed by atoms with Crippen LogP contribution < -0.4 is 10.5 Å². The van der Waals surface area contributed by atoms with Crippen LogP contribution in [0.25, 0.3) is 0 Å². The third-order valence-electron chi connectivity index (χ3n) is 3.58. The maximum absolute atomic E-state index is 13.4.